The van der Waals surface area contributed by atoms with Crippen LogP contribution >= 0.6 is 0 Å². The van der Waals surface area contributed by atoms with Crippen molar-refractivity contribution in [1.29, 1.82) is 0 Å². The van der Waals surface area contributed by atoms with Crippen LogP contribution in [0.1, 0.15) is 37.3 Å². The lowest BCUT2D eigenvalue weighted by molar-refractivity contribution is -0.151. The molecule has 0 aliphatic heterocycles. The maximum absolute atomic E-state index is 12.5. The van der Waals surface area contributed by atoms with Crippen molar-refractivity contribution in [2.45, 2.75) is 39.0 Å². The average Bonchev–Trinajstić information content (AvgIpc) is 3.17. The van der Waals surface area contributed by atoms with Gasteiger partial charge in [-0.25, -0.2) is 14.8 Å². The van der Waals surface area contributed by atoms with Gasteiger partial charge in [0.15, 0.2) is 17.2 Å². The Kier molecular flexibility index (Phi) is 6.20. The Morgan fingerprint density at radius 1 is 1.13 bits per heavy atom. The third-order valence-electron chi connectivity index (χ3n) is 4.92. The Hall–Kier alpha value is -3.62. The molecule has 9 nitrogen and oxygen atoms in total. The van der Waals surface area contributed by atoms with Gasteiger partial charge in [0, 0.05) is 12.3 Å². The molecule has 2 N–H and O–H groups in total. The highest BCUT2D eigenvalue weighted by atomic mass is 16.5. The molecule has 0 fully saturated rings. The molecule has 0 spiro atoms. The maximum Gasteiger partial charge on any atom is 0.328 e. The average molecular weight is 412 g/mol. The summed E-state index contributed by atoms with van der Waals surface area (Å²) < 4.78 is 12.5. The molecule has 9 heteroatoms. The molecule has 0 aliphatic rings. The molecule has 1 aromatic carbocycles. The molecule has 0 saturated heterocycles. The fraction of sp³-hybridized carbons (Fsp3) is 0.333. The monoisotopic (exact) mass is 412 g/mol. The lowest BCUT2D eigenvalue weighted by atomic mass is 10.2. The fourth-order valence-corrected chi connectivity index (χ4v) is 3.00. The number of nitrogens with zero attached hydrogens (tertiary/aromatic N) is 3. The number of methoxy groups -OCH3 is 1. The van der Waals surface area contributed by atoms with Crippen LogP contribution in [0.15, 0.2) is 42.9 Å². The minimum absolute atomic E-state index is 0.111. The van der Waals surface area contributed by atoms with Crippen LogP contribution in [0, 0.1) is 0 Å². The number of pyridine rings is 1. The second-order valence-electron chi connectivity index (χ2n) is 6.93. The molecule has 0 aliphatic carbocycles. The van der Waals surface area contributed by atoms with Gasteiger partial charge in [-0.3, -0.25) is 4.79 Å². The van der Waals surface area contributed by atoms with Gasteiger partial charge in [0.2, 0.25) is 0 Å². The number of ether oxygens (including phenoxy) is 2. The summed E-state index contributed by atoms with van der Waals surface area (Å²) in [5.74, 6) is -1.60. The second-order valence-corrected chi connectivity index (χ2v) is 6.93. The van der Waals surface area contributed by atoms with Crippen molar-refractivity contribution in [2.24, 2.45) is 0 Å². The number of imidazole rings is 1. The number of nitrogens with one attached hydrogen (secondary N) is 1. The van der Waals surface area contributed by atoms with Crippen LogP contribution in [0.25, 0.3) is 11.0 Å². The number of aromatic hydroxyl groups is 1. The molecule has 2 aromatic heterocycles. The number of amides is 1. The second kappa shape index (κ2) is 8.81. The van der Waals surface area contributed by atoms with Crippen molar-refractivity contribution in [3.63, 3.8) is 0 Å². The van der Waals surface area contributed by atoms with E-state index in [0.29, 0.717) is 0 Å². The molecule has 30 heavy (non-hydrogen) atoms. The van der Waals surface area contributed by atoms with E-state index in [2.05, 4.69) is 15.3 Å². The van der Waals surface area contributed by atoms with Crippen molar-refractivity contribution in [2.75, 3.05) is 7.11 Å². The molecule has 158 valence electrons. The predicted molar refractivity (Wildman–Crippen MR) is 109 cm³/mol. The Balaban J connectivity index is 1.64. The predicted octanol–water partition coefficient (Wildman–Crippen LogP) is 2.46. The minimum Gasteiger partial charge on any atom is -0.503 e. The van der Waals surface area contributed by atoms with Crippen LogP contribution in [-0.4, -0.2) is 50.8 Å². The van der Waals surface area contributed by atoms with E-state index >= 15 is 0 Å². The van der Waals surface area contributed by atoms with E-state index in [1.807, 2.05) is 35.8 Å². The normalized spacial score (nSPS) is 14.0. The van der Waals surface area contributed by atoms with Crippen LogP contribution in [0.5, 0.6) is 11.5 Å². The third kappa shape index (κ3) is 4.19. The van der Waals surface area contributed by atoms with E-state index in [1.54, 1.807) is 13.3 Å². The lowest BCUT2D eigenvalue weighted by Gasteiger charge is -2.24. The van der Waals surface area contributed by atoms with Gasteiger partial charge in [-0.2, -0.15) is 0 Å². The number of benzene rings is 1. The van der Waals surface area contributed by atoms with Crippen molar-refractivity contribution in [1.82, 2.24) is 19.9 Å². The SMILES string of the molecule is COc1ccnc(C(=O)N[C@@H](C)C(=O)OC(C)C(C)n2cnc3ccccc32)c1O. The van der Waals surface area contributed by atoms with Crippen LogP contribution in [0.2, 0.25) is 0 Å². The Bertz CT molecular complexity index is 1060. The number of rotatable bonds is 7. The molecule has 0 radical (unpaired) electrons. The first kappa shape index (κ1) is 21.1. The van der Waals surface area contributed by atoms with Crippen molar-refractivity contribution in [3.05, 3.63) is 48.5 Å². The number of aromatic nitrogens is 3. The van der Waals surface area contributed by atoms with Gasteiger partial charge in [0.25, 0.3) is 5.91 Å². The van der Waals surface area contributed by atoms with E-state index in [9.17, 15) is 14.7 Å². The standard InChI is InChI=1S/C21H24N4O5/c1-12(24-20(27)18-19(26)17(29-4)9-10-22-18)21(28)30-14(3)13(2)25-11-23-15-7-5-6-8-16(15)25/h5-14,26H,1-4H3,(H,24,27)/t12-,13?,14?/m0/s1. The topological polar surface area (TPSA) is 116 Å². The summed E-state index contributed by atoms with van der Waals surface area (Å²) in [6, 6.07) is 8.00. The highest BCUT2D eigenvalue weighted by Gasteiger charge is 2.26. The van der Waals surface area contributed by atoms with E-state index in [-0.39, 0.29) is 17.5 Å². The molecule has 2 unspecified atom stereocenters. The molecule has 2 heterocycles. The maximum atomic E-state index is 12.5. The highest BCUT2D eigenvalue weighted by Crippen LogP contribution is 2.27. The molecule has 1 amide bonds. The Morgan fingerprint density at radius 3 is 2.60 bits per heavy atom. The molecular formula is C21H24N4O5. The third-order valence-corrected chi connectivity index (χ3v) is 4.92. The summed E-state index contributed by atoms with van der Waals surface area (Å²) in [4.78, 5) is 33.1. The molecule has 0 saturated carbocycles. The van der Waals surface area contributed by atoms with Gasteiger partial charge in [0.05, 0.1) is 30.5 Å². The van der Waals surface area contributed by atoms with Gasteiger partial charge in [-0.15, -0.1) is 0 Å². The minimum atomic E-state index is -0.945. The number of fused-ring (bicyclic) bond motifs is 1. The van der Waals surface area contributed by atoms with E-state index in [1.165, 1.54) is 26.3 Å². The largest absolute Gasteiger partial charge is 0.503 e. The fourth-order valence-electron chi connectivity index (χ4n) is 3.00. The van der Waals surface area contributed by atoms with E-state index in [0.717, 1.165) is 11.0 Å². The van der Waals surface area contributed by atoms with Crippen LogP contribution < -0.4 is 10.1 Å². The zero-order valence-corrected chi connectivity index (χ0v) is 17.2. The zero-order chi connectivity index (χ0) is 21.8. The smallest absolute Gasteiger partial charge is 0.328 e. The summed E-state index contributed by atoms with van der Waals surface area (Å²) in [7, 11) is 1.36. The van der Waals surface area contributed by atoms with Gasteiger partial charge < -0.3 is 24.5 Å². The van der Waals surface area contributed by atoms with E-state index < -0.39 is 29.8 Å². The van der Waals surface area contributed by atoms with Gasteiger partial charge in [-0.1, -0.05) is 12.1 Å². The highest BCUT2D eigenvalue weighted by molar-refractivity contribution is 5.97. The van der Waals surface area contributed by atoms with Gasteiger partial charge >= 0.3 is 5.97 Å². The first-order valence-electron chi connectivity index (χ1n) is 9.48. The van der Waals surface area contributed by atoms with Crippen molar-refractivity contribution < 1.29 is 24.2 Å². The summed E-state index contributed by atoms with van der Waals surface area (Å²) in [5, 5.41) is 12.5. The zero-order valence-electron chi connectivity index (χ0n) is 17.2. The van der Waals surface area contributed by atoms with Crippen molar-refractivity contribution >= 4 is 22.9 Å². The number of hydrogen-bond donors (Lipinski definition) is 2. The number of esters is 1. The number of para-hydroxylation sites is 2. The van der Waals surface area contributed by atoms with Crippen LogP contribution in [0.4, 0.5) is 0 Å². The summed E-state index contributed by atoms with van der Waals surface area (Å²) in [5.41, 5.74) is 1.56. The van der Waals surface area contributed by atoms with Crippen LogP contribution in [0.3, 0.4) is 0 Å². The summed E-state index contributed by atoms with van der Waals surface area (Å²) in [6.45, 7) is 5.20. The van der Waals surface area contributed by atoms with Gasteiger partial charge in [0.1, 0.15) is 12.1 Å². The first-order chi connectivity index (χ1) is 14.3. The molecule has 3 rings (SSSR count). The Labute approximate surface area is 173 Å². The summed E-state index contributed by atoms with van der Waals surface area (Å²) >= 11 is 0. The quantitative estimate of drug-likeness (QED) is 0.573. The molecule has 3 aromatic rings. The molecule has 3 atom stereocenters. The molecular weight excluding hydrogens is 388 g/mol. The van der Waals surface area contributed by atoms with Crippen molar-refractivity contribution in [3.8, 4) is 11.5 Å². The first-order valence-corrected chi connectivity index (χ1v) is 9.48. The van der Waals surface area contributed by atoms with Gasteiger partial charge in [-0.05, 0) is 32.9 Å². The van der Waals surface area contributed by atoms with Crippen LogP contribution in [-0.2, 0) is 9.53 Å². The number of carbonyl (C=O) groups excluding carboxylic acids is 2. The molecule has 0 bridgehead atoms. The lowest BCUT2D eigenvalue weighted by Crippen LogP contribution is -2.41. The number of carbonyl (C=O) groups is 2. The summed E-state index contributed by atoms with van der Waals surface area (Å²) in [6.07, 6.45) is 2.57. The Morgan fingerprint density at radius 2 is 1.87 bits per heavy atom. The number of hydrogen-bond acceptors (Lipinski definition) is 7. The van der Waals surface area contributed by atoms with E-state index in [4.69, 9.17) is 9.47 Å².